The van der Waals surface area contributed by atoms with Crippen LogP contribution in [0.4, 0.5) is 0 Å². The molecule has 1 aliphatic rings. The van der Waals surface area contributed by atoms with E-state index in [0.717, 1.165) is 30.9 Å². The maximum Gasteiger partial charge on any atom is 0.242 e. The van der Waals surface area contributed by atoms with Gasteiger partial charge in [-0.2, -0.15) is 5.10 Å². The van der Waals surface area contributed by atoms with Crippen molar-refractivity contribution in [3.8, 4) is 10.7 Å². The standard InChI is InChI=1S/C15H20N4O2S2/c1-10(14(20)16-8-11-4-2-6-21-9-11)19-13(17-18-15(19)22)12-5-3-7-23-12/h3,5,7,10-11H,2,4,6,8-9H2,1H3,(H,16,20)(H,18,22)/t10-,11-/m0/s1. The van der Waals surface area contributed by atoms with Crippen LogP contribution in [0.1, 0.15) is 25.8 Å². The third-order valence-corrected chi connectivity index (χ3v) is 5.19. The number of H-pyrrole nitrogens is 1. The molecule has 1 aliphatic heterocycles. The Morgan fingerprint density at radius 3 is 3.26 bits per heavy atom. The third kappa shape index (κ3) is 3.70. The number of amides is 1. The number of aromatic nitrogens is 3. The van der Waals surface area contributed by atoms with E-state index in [-0.39, 0.29) is 5.91 Å². The lowest BCUT2D eigenvalue weighted by atomic mass is 10.0. The summed E-state index contributed by atoms with van der Waals surface area (Å²) in [4.78, 5) is 13.5. The molecular formula is C15H20N4O2S2. The number of carbonyl (C=O) groups is 1. The fourth-order valence-electron chi connectivity index (χ4n) is 2.72. The van der Waals surface area contributed by atoms with E-state index in [4.69, 9.17) is 17.0 Å². The number of hydrogen-bond acceptors (Lipinski definition) is 5. The summed E-state index contributed by atoms with van der Waals surface area (Å²) in [6, 6.07) is 3.51. The van der Waals surface area contributed by atoms with E-state index in [1.807, 2.05) is 24.4 Å². The second kappa shape index (κ2) is 7.37. The van der Waals surface area contributed by atoms with Crippen molar-refractivity contribution < 1.29 is 9.53 Å². The van der Waals surface area contributed by atoms with E-state index >= 15 is 0 Å². The molecule has 1 amide bonds. The number of rotatable bonds is 5. The fourth-order valence-corrected chi connectivity index (χ4v) is 3.72. The van der Waals surface area contributed by atoms with Gasteiger partial charge in [-0.15, -0.1) is 11.3 Å². The van der Waals surface area contributed by atoms with Crippen molar-refractivity contribution in [2.24, 2.45) is 5.92 Å². The first-order valence-corrected chi connectivity index (χ1v) is 9.02. The summed E-state index contributed by atoms with van der Waals surface area (Å²) in [6.07, 6.45) is 2.16. The Balaban J connectivity index is 1.70. The molecule has 0 bridgehead atoms. The molecule has 3 heterocycles. The Morgan fingerprint density at radius 1 is 1.70 bits per heavy atom. The summed E-state index contributed by atoms with van der Waals surface area (Å²) >= 11 is 6.87. The number of nitrogens with zero attached hydrogens (tertiary/aromatic N) is 2. The highest BCUT2D eigenvalue weighted by Gasteiger charge is 2.22. The van der Waals surface area contributed by atoms with Crippen molar-refractivity contribution in [3.05, 3.63) is 22.3 Å². The molecule has 1 fully saturated rings. The third-order valence-electron chi connectivity index (χ3n) is 4.03. The SMILES string of the molecule is C[C@@H](C(=O)NC[C@@H]1CCCOC1)n1c(-c2cccs2)n[nH]c1=S. The fraction of sp³-hybridized carbons (Fsp3) is 0.533. The number of hydrogen-bond donors (Lipinski definition) is 2. The van der Waals surface area contributed by atoms with Gasteiger partial charge in [0.15, 0.2) is 10.6 Å². The van der Waals surface area contributed by atoms with E-state index in [0.29, 0.717) is 23.1 Å². The Labute approximate surface area is 143 Å². The molecule has 2 atom stereocenters. The Hall–Kier alpha value is -1.51. The zero-order valence-corrected chi connectivity index (χ0v) is 14.6. The van der Waals surface area contributed by atoms with E-state index < -0.39 is 6.04 Å². The molecule has 2 aromatic heterocycles. The number of thiophene rings is 1. The molecule has 0 aliphatic carbocycles. The van der Waals surface area contributed by atoms with E-state index in [2.05, 4.69) is 15.5 Å². The zero-order chi connectivity index (χ0) is 16.2. The van der Waals surface area contributed by atoms with Gasteiger partial charge < -0.3 is 10.1 Å². The van der Waals surface area contributed by atoms with Crippen molar-refractivity contribution >= 4 is 29.5 Å². The summed E-state index contributed by atoms with van der Waals surface area (Å²) in [6.45, 7) is 4.03. The number of aromatic amines is 1. The molecule has 0 unspecified atom stereocenters. The quantitative estimate of drug-likeness (QED) is 0.812. The molecule has 2 aromatic rings. The smallest absolute Gasteiger partial charge is 0.242 e. The maximum absolute atomic E-state index is 12.5. The van der Waals surface area contributed by atoms with Crippen LogP contribution in [0, 0.1) is 10.7 Å². The number of nitrogens with one attached hydrogen (secondary N) is 2. The van der Waals surface area contributed by atoms with E-state index in [1.165, 1.54) is 0 Å². The van der Waals surface area contributed by atoms with E-state index in [9.17, 15) is 4.79 Å². The maximum atomic E-state index is 12.5. The topological polar surface area (TPSA) is 71.9 Å². The van der Waals surface area contributed by atoms with Gasteiger partial charge in [-0.25, -0.2) is 0 Å². The second-order valence-corrected chi connectivity index (χ2v) is 7.04. The molecule has 0 radical (unpaired) electrons. The van der Waals surface area contributed by atoms with Crippen molar-refractivity contribution in [1.82, 2.24) is 20.1 Å². The summed E-state index contributed by atoms with van der Waals surface area (Å²) in [5.74, 6) is 1.05. The van der Waals surface area contributed by atoms with Crippen LogP contribution in [0.2, 0.25) is 0 Å². The van der Waals surface area contributed by atoms with Crippen LogP contribution >= 0.6 is 23.6 Å². The first kappa shape index (κ1) is 16.4. The second-order valence-electron chi connectivity index (χ2n) is 5.70. The highest BCUT2D eigenvalue weighted by molar-refractivity contribution is 7.71. The normalized spacial score (nSPS) is 19.4. The van der Waals surface area contributed by atoms with E-state index in [1.54, 1.807) is 15.9 Å². The van der Waals surface area contributed by atoms with Crippen LogP contribution in [-0.2, 0) is 9.53 Å². The summed E-state index contributed by atoms with van der Waals surface area (Å²) in [7, 11) is 0. The molecule has 6 nitrogen and oxygen atoms in total. The average Bonchev–Trinajstić information content (AvgIpc) is 3.22. The van der Waals surface area contributed by atoms with Gasteiger partial charge in [-0.05, 0) is 49.3 Å². The Morgan fingerprint density at radius 2 is 2.57 bits per heavy atom. The molecule has 124 valence electrons. The minimum absolute atomic E-state index is 0.0501. The lowest BCUT2D eigenvalue weighted by Gasteiger charge is -2.23. The van der Waals surface area contributed by atoms with Gasteiger partial charge in [0, 0.05) is 13.2 Å². The van der Waals surface area contributed by atoms with Crippen LogP contribution in [0.5, 0.6) is 0 Å². The van der Waals surface area contributed by atoms with Crippen molar-refractivity contribution in [2.75, 3.05) is 19.8 Å². The Kier molecular flexibility index (Phi) is 5.24. The zero-order valence-electron chi connectivity index (χ0n) is 12.9. The average molecular weight is 352 g/mol. The molecule has 2 N–H and O–H groups in total. The van der Waals surface area contributed by atoms with Gasteiger partial charge in [0.2, 0.25) is 5.91 Å². The molecule has 23 heavy (non-hydrogen) atoms. The lowest BCUT2D eigenvalue weighted by Crippen LogP contribution is -2.37. The molecule has 0 spiro atoms. The predicted molar refractivity (Wildman–Crippen MR) is 92.0 cm³/mol. The largest absolute Gasteiger partial charge is 0.381 e. The van der Waals surface area contributed by atoms with Crippen molar-refractivity contribution in [2.45, 2.75) is 25.8 Å². The van der Waals surface area contributed by atoms with Gasteiger partial charge in [-0.3, -0.25) is 14.5 Å². The molecule has 0 saturated carbocycles. The number of ether oxygens (including phenoxy) is 1. The summed E-state index contributed by atoms with van der Waals surface area (Å²) in [5.41, 5.74) is 0. The molecular weight excluding hydrogens is 332 g/mol. The monoisotopic (exact) mass is 352 g/mol. The predicted octanol–water partition coefficient (Wildman–Crippen LogP) is 2.77. The van der Waals surface area contributed by atoms with Crippen LogP contribution in [-0.4, -0.2) is 40.4 Å². The van der Waals surface area contributed by atoms with Gasteiger partial charge in [-0.1, -0.05) is 6.07 Å². The van der Waals surface area contributed by atoms with Crippen LogP contribution in [0.15, 0.2) is 17.5 Å². The molecule has 3 rings (SSSR count). The molecule has 1 saturated heterocycles. The summed E-state index contributed by atoms with van der Waals surface area (Å²) in [5, 5.41) is 12.1. The summed E-state index contributed by atoms with van der Waals surface area (Å²) < 4.78 is 7.67. The molecule has 0 aromatic carbocycles. The lowest BCUT2D eigenvalue weighted by molar-refractivity contribution is -0.124. The van der Waals surface area contributed by atoms with Crippen molar-refractivity contribution in [1.29, 1.82) is 0 Å². The van der Waals surface area contributed by atoms with Gasteiger partial charge >= 0.3 is 0 Å². The Bertz CT molecular complexity index is 701. The highest BCUT2D eigenvalue weighted by atomic mass is 32.1. The first-order chi connectivity index (χ1) is 11.2. The molecule has 8 heteroatoms. The van der Waals surface area contributed by atoms with Crippen molar-refractivity contribution in [3.63, 3.8) is 0 Å². The minimum atomic E-state index is -0.414. The highest BCUT2D eigenvalue weighted by Crippen LogP contribution is 2.25. The van der Waals surface area contributed by atoms with Gasteiger partial charge in [0.05, 0.1) is 11.5 Å². The van der Waals surface area contributed by atoms with Crippen LogP contribution < -0.4 is 5.32 Å². The van der Waals surface area contributed by atoms with Crippen LogP contribution in [0.25, 0.3) is 10.7 Å². The first-order valence-electron chi connectivity index (χ1n) is 7.73. The van der Waals surface area contributed by atoms with Gasteiger partial charge in [0.25, 0.3) is 0 Å². The number of carbonyl (C=O) groups excluding carboxylic acids is 1. The van der Waals surface area contributed by atoms with Crippen LogP contribution in [0.3, 0.4) is 0 Å². The minimum Gasteiger partial charge on any atom is -0.381 e. The van der Waals surface area contributed by atoms with Gasteiger partial charge in [0.1, 0.15) is 6.04 Å².